The van der Waals surface area contributed by atoms with E-state index in [0.29, 0.717) is 11.1 Å². The van der Waals surface area contributed by atoms with E-state index in [1.807, 2.05) is 53.7 Å². The van der Waals surface area contributed by atoms with Crippen molar-refractivity contribution in [1.82, 2.24) is 4.98 Å². The Balaban J connectivity index is 2.55. The lowest BCUT2D eigenvalue weighted by atomic mass is 10.0. The molecule has 0 fully saturated rings. The first-order chi connectivity index (χ1) is 13.1. The third-order valence-electron chi connectivity index (χ3n) is 3.83. The number of pyridine rings is 1. The Morgan fingerprint density at radius 3 is 2.18 bits per heavy atom. The molecule has 1 aromatic heterocycles. The van der Waals surface area contributed by atoms with Gasteiger partial charge in [-0.3, -0.25) is 9.55 Å². The van der Waals surface area contributed by atoms with Crippen LogP contribution in [0.1, 0.15) is 44.4 Å². The Morgan fingerprint density at radius 2 is 1.71 bits per heavy atom. The molecule has 28 heavy (non-hydrogen) atoms. The number of benzene rings is 1. The number of phenols is 1. The molecule has 0 saturated carbocycles. The third kappa shape index (κ3) is 5.99. The van der Waals surface area contributed by atoms with E-state index in [1.54, 1.807) is 24.5 Å². The minimum absolute atomic E-state index is 0.259. The smallest absolute Gasteiger partial charge is 0.376 e. The Kier molecular flexibility index (Phi) is 7.53. The number of phenolic OH excluding ortho intramolecular Hbond substituents is 1. The predicted octanol–water partition coefficient (Wildman–Crippen LogP) is 5.72. The van der Waals surface area contributed by atoms with Crippen molar-refractivity contribution in [2.75, 3.05) is 0 Å². The van der Waals surface area contributed by atoms with E-state index < -0.39 is 7.60 Å². The highest BCUT2D eigenvalue weighted by molar-refractivity contribution is 7.72. The normalized spacial score (nSPS) is 12.8. The fraction of sp³-hybridized carbons (Fsp3) is 0.429. The van der Waals surface area contributed by atoms with E-state index in [-0.39, 0.29) is 24.4 Å². The SMILES string of the molecule is Cc1cc(CC(=Nc2cccnc2)P(=O)(OC(C)C)OC(C)C)cc(C)c1O. The second kappa shape index (κ2) is 9.46. The van der Waals surface area contributed by atoms with Gasteiger partial charge in [-0.2, -0.15) is 0 Å². The summed E-state index contributed by atoms with van der Waals surface area (Å²) in [5.41, 5.74) is 3.26. The second-order valence-corrected chi connectivity index (χ2v) is 9.23. The minimum Gasteiger partial charge on any atom is -0.507 e. The van der Waals surface area contributed by atoms with Crippen LogP contribution < -0.4 is 0 Å². The molecule has 2 rings (SSSR count). The van der Waals surface area contributed by atoms with Crippen LogP contribution in [0.2, 0.25) is 0 Å². The van der Waals surface area contributed by atoms with Gasteiger partial charge < -0.3 is 14.2 Å². The van der Waals surface area contributed by atoms with Crippen molar-refractivity contribution < 1.29 is 18.7 Å². The summed E-state index contributed by atoms with van der Waals surface area (Å²) in [5, 5.41) is 10.1. The van der Waals surface area contributed by atoms with Crippen LogP contribution in [-0.4, -0.2) is 27.8 Å². The Hall–Kier alpha value is -2.01. The zero-order valence-electron chi connectivity index (χ0n) is 17.3. The van der Waals surface area contributed by atoms with Gasteiger partial charge in [-0.15, -0.1) is 0 Å². The highest BCUT2D eigenvalue weighted by Crippen LogP contribution is 2.53. The molecule has 0 aliphatic carbocycles. The second-order valence-electron chi connectivity index (χ2n) is 7.30. The Morgan fingerprint density at radius 1 is 1.14 bits per heavy atom. The molecule has 1 heterocycles. The van der Waals surface area contributed by atoms with Gasteiger partial charge in [0.15, 0.2) is 0 Å². The topological polar surface area (TPSA) is 81.0 Å². The van der Waals surface area contributed by atoms with Crippen LogP contribution in [0.3, 0.4) is 0 Å². The number of aryl methyl sites for hydroxylation is 2. The largest absolute Gasteiger partial charge is 0.507 e. The maximum Gasteiger partial charge on any atom is 0.376 e. The van der Waals surface area contributed by atoms with Crippen LogP contribution in [0.4, 0.5) is 5.69 Å². The zero-order valence-corrected chi connectivity index (χ0v) is 18.2. The summed E-state index contributed by atoms with van der Waals surface area (Å²) in [5.74, 6) is 0.259. The van der Waals surface area contributed by atoms with Gasteiger partial charge in [-0.05, 0) is 70.4 Å². The number of hydrogen-bond acceptors (Lipinski definition) is 6. The molecule has 2 aromatic rings. The van der Waals surface area contributed by atoms with Crippen LogP contribution in [-0.2, 0) is 20.0 Å². The lowest BCUT2D eigenvalue weighted by Gasteiger charge is -2.24. The van der Waals surface area contributed by atoms with Crippen molar-refractivity contribution in [3.8, 4) is 5.75 Å². The van der Waals surface area contributed by atoms with E-state index in [1.165, 1.54) is 0 Å². The monoisotopic (exact) mass is 404 g/mol. The number of nitrogens with zero attached hydrogens (tertiary/aromatic N) is 2. The lowest BCUT2D eigenvalue weighted by molar-refractivity contribution is 0.152. The van der Waals surface area contributed by atoms with Crippen molar-refractivity contribution in [3.05, 3.63) is 53.3 Å². The number of hydrogen-bond donors (Lipinski definition) is 1. The fourth-order valence-corrected chi connectivity index (χ4v) is 4.82. The van der Waals surface area contributed by atoms with Crippen LogP contribution >= 0.6 is 7.60 Å². The number of aromatic nitrogens is 1. The molecule has 0 saturated heterocycles. The van der Waals surface area contributed by atoms with Gasteiger partial charge in [-0.25, -0.2) is 4.99 Å². The third-order valence-corrected chi connectivity index (χ3v) is 6.12. The highest BCUT2D eigenvalue weighted by atomic mass is 31.2. The molecule has 152 valence electrons. The van der Waals surface area contributed by atoms with E-state index in [9.17, 15) is 9.67 Å². The number of aromatic hydroxyl groups is 1. The quantitative estimate of drug-likeness (QED) is 0.449. The number of rotatable bonds is 8. The summed E-state index contributed by atoms with van der Waals surface area (Å²) in [6.07, 6.45) is 2.93. The van der Waals surface area contributed by atoms with E-state index in [2.05, 4.69) is 9.98 Å². The van der Waals surface area contributed by atoms with E-state index in [4.69, 9.17) is 9.05 Å². The van der Waals surface area contributed by atoms with Gasteiger partial charge >= 0.3 is 7.60 Å². The molecule has 0 aliphatic rings. The molecule has 0 spiro atoms. The van der Waals surface area contributed by atoms with Crippen LogP contribution in [0.25, 0.3) is 0 Å². The van der Waals surface area contributed by atoms with Crippen molar-refractivity contribution in [2.24, 2.45) is 4.99 Å². The summed E-state index contributed by atoms with van der Waals surface area (Å²) in [6.45, 7) is 10.9. The molecule has 0 atom stereocenters. The summed E-state index contributed by atoms with van der Waals surface area (Å²) in [6, 6.07) is 7.27. The summed E-state index contributed by atoms with van der Waals surface area (Å²) in [4.78, 5) is 8.67. The Bertz CT molecular complexity index is 842. The first kappa shape index (κ1) is 22.3. The van der Waals surface area contributed by atoms with Crippen LogP contribution in [0, 0.1) is 13.8 Å². The van der Waals surface area contributed by atoms with Gasteiger partial charge in [0.25, 0.3) is 0 Å². The van der Waals surface area contributed by atoms with Crippen molar-refractivity contribution in [1.29, 1.82) is 0 Å². The molecule has 6 nitrogen and oxygen atoms in total. The van der Waals surface area contributed by atoms with Crippen LogP contribution in [0.15, 0.2) is 41.7 Å². The van der Waals surface area contributed by atoms with Gasteiger partial charge in [-0.1, -0.05) is 12.1 Å². The summed E-state index contributed by atoms with van der Waals surface area (Å²) in [7, 11) is -3.66. The first-order valence-corrected chi connectivity index (χ1v) is 10.9. The molecule has 0 amide bonds. The predicted molar refractivity (Wildman–Crippen MR) is 113 cm³/mol. The van der Waals surface area contributed by atoms with E-state index in [0.717, 1.165) is 16.7 Å². The highest BCUT2D eigenvalue weighted by Gasteiger charge is 2.35. The van der Waals surface area contributed by atoms with Gasteiger partial charge in [0.1, 0.15) is 11.2 Å². The molecule has 0 unspecified atom stereocenters. The van der Waals surface area contributed by atoms with Crippen molar-refractivity contribution >= 4 is 18.7 Å². The van der Waals surface area contributed by atoms with Crippen LogP contribution in [0.5, 0.6) is 5.75 Å². The van der Waals surface area contributed by atoms with Crippen molar-refractivity contribution in [3.63, 3.8) is 0 Å². The van der Waals surface area contributed by atoms with Gasteiger partial charge in [0.05, 0.1) is 24.1 Å². The molecule has 0 radical (unpaired) electrons. The minimum atomic E-state index is -3.66. The Labute approximate surface area is 167 Å². The number of aliphatic imine (C=N–C) groups is 1. The fourth-order valence-electron chi connectivity index (χ4n) is 2.80. The molecule has 1 aromatic carbocycles. The van der Waals surface area contributed by atoms with Crippen molar-refractivity contribution in [2.45, 2.75) is 60.2 Å². The maximum absolute atomic E-state index is 13.7. The molecule has 1 N–H and O–H groups in total. The zero-order chi connectivity index (χ0) is 20.9. The molecular formula is C21H29N2O4P. The molecule has 7 heteroatoms. The average molecular weight is 404 g/mol. The van der Waals surface area contributed by atoms with E-state index >= 15 is 0 Å². The molecule has 0 bridgehead atoms. The standard InChI is InChI=1S/C21H29N2O4P/c1-14(2)26-28(25,27-15(3)4)20(23-19-8-7-9-22-13-19)12-18-10-16(5)21(24)17(6)11-18/h7-11,13-15,24H,12H2,1-6H3. The lowest BCUT2D eigenvalue weighted by Crippen LogP contribution is -2.16. The summed E-state index contributed by atoms with van der Waals surface area (Å²) >= 11 is 0. The first-order valence-electron chi connectivity index (χ1n) is 9.35. The molecule has 0 aliphatic heterocycles. The van der Waals surface area contributed by atoms with Gasteiger partial charge in [0, 0.05) is 12.6 Å². The maximum atomic E-state index is 13.7. The summed E-state index contributed by atoms with van der Waals surface area (Å²) < 4.78 is 25.3. The van der Waals surface area contributed by atoms with Gasteiger partial charge in [0.2, 0.25) is 0 Å². The average Bonchev–Trinajstić information content (AvgIpc) is 2.58. The molecular weight excluding hydrogens is 375 g/mol.